The molecule has 43 heavy (non-hydrogen) atoms. The normalized spacial score (nSPS) is 15.9. The Labute approximate surface area is 251 Å². The minimum atomic E-state index is 0.157. The highest BCUT2D eigenvalue weighted by Gasteiger charge is 2.32. The summed E-state index contributed by atoms with van der Waals surface area (Å²) >= 11 is 0. The maximum atomic E-state index is 10.2. The molecule has 1 aliphatic rings. The van der Waals surface area contributed by atoms with E-state index >= 15 is 0 Å². The van der Waals surface area contributed by atoms with Crippen molar-refractivity contribution in [2.24, 2.45) is 5.92 Å². The molecule has 2 unspecified atom stereocenters. The quantitative estimate of drug-likeness (QED) is 0.195. The number of methoxy groups -OCH3 is 2. The average Bonchev–Trinajstić information content (AvgIpc) is 3.64. The molecule has 0 spiro atoms. The zero-order valence-corrected chi connectivity index (χ0v) is 24.5. The van der Waals surface area contributed by atoms with Gasteiger partial charge in [0, 0.05) is 0 Å². The van der Waals surface area contributed by atoms with Crippen LogP contribution in [0.3, 0.4) is 0 Å². The van der Waals surface area contributed by atoms with E-state index in [0.717, 1.165) is 36.8 Å². The topological polar surface area (TPSA) is 72.1 Å². The summed E-state index contributed by atoms with van der Waals surface area (Å²) in [4.78, 5) is 0. The lowest BCUT2D eigenvalue weighted by Crippen LogP contribution is -2.25. The minimum Gasteiger partial charge on any atom is -0.504 e. The highest BCUT2D eigenvalue weighted by molar-refractivity contribution is 6.09. The van der Waals surface area contributed by atoms with Gasteiger partial charge in [0.2, 0.25) is 0 Å². The largest absolute Gasteiger partial charge is 0.504 e. The fourth-order valence-corrected chi connectivity index (χ4v) is 6.58. The van der Waals surface area contributed by atoms with Gasteiger partial charge in [-0.15, -0.1) is 0 Å². The number of ether oxygens (including phenoxy) is 2. The molecule has 0 aliphatic heterocycles. The zero-order valence-electron chi connectivity index (χ0n) is 24.5. The first-order valence-corrected chi connectivity index (χ1v) is 14.7. The number of aromatic hydroxyl groups is 2. The molecular formula is C38H36O5. The van der Waals surface area contributed by atoms with E-state index in [2.05, 4.69) is 52.9 Å². The van der Waals surface area contributed by atoms with Crippen LogP contribution >= 0.6 is 0 Å². The van der Waals surface area contributed by atoms with Crippen LogP contribution in [0.25, 0.3) is 21.5 Å². The summed E-state index contributed by atoms with van der Waals surface area (Å²) in [6, 6.07) is 32.8. The van der Waals surface area contributed by atoms with E-state index in [4.69, 9.17) is 9.47 Å². The molecule has 1 aromatic heterocycles. The molecule has 5 aromatic carbocycles. The van der Waals surface area contributed by atoms with E-state index in [9.17, 15) is 10.2 Å². The number of rotatable bonds is 6. The second kappa shape index (κ2) is 12.5. The molecule has 7 rings (SSSR count). The highest BCUT2D eigenvalue weighted by atomic mass is 16.5. The van der Waals surface area contributed by atoms with E-state index in [-0.39, 0.29) is 17.4 Å². The third-order valence-corrected chi connectivity index (χ3v) is 8.65. The third-order valence-electron chi connectivity index (χ3n) is 8.65. The molecule has 0 saturated carbocycles. The standard InChI is InChI=1S/C34H32O4.C4H4O/c1-37-32-19-21(7-15-30(32)35)17-25-10-9-24-12-13-27-26-6-4-3-5-23(26)11-14-28(27)34(24)29(25)18-22-8-16-31(36)33(20-22)38-2;1-2-4-5-3-1/h3-8,11-16,19-20,25,29,35-36H,9-10,17-18H2,1-2H3;1-4H. The number of fused-ring (bicyclic) bond motifs is 5. The molecule has 1 aliphatic carbocycles. The maximum absolute atomic E-state index is 10.2. The van der Waals surface area contributed by atoms with Gasteiger partial charge in [-0.2, -0.15) is 0 Å². The van der Waals surface area contributed by atoms with Gasteiger partial charge >= 0.3 is 0 Å². The molecule has 0 amide bonds. The summed E-state index contributed by atoms with van der Waals surface area (Å²) in [6.45, 7) is 0. The van der Waals surface area contributed by atoms with Crippen molar-refractivity contribution in [1.29, 1.82) is 0 Å². The first kappa shape index (κ1) is 28.2. The molecule has 2 N–H and O–H groups in total. The maximum Gasteiger partial charge on any atom is 0.160 e. The van der Waals surface area contributed by atoms with Crippen molar-refractivity contribution in [3.8, 4) is 23.0 Å². The summed E-state index contributed by atoms with van der Waals surface area (Å²) < 4.78 is 15.4. The number of furan rings is 1. The first-order chi connectivity index (χ1) is 21.1. The van der Waals surface area contributed by atoms with Gasteiger partial charge in [0.05, 0.1) is 26.7 Å². The van der Waals surface area contributed by atoms with Gasteiger partial charge in [-0.05, 0) is 118 Å². The molecule has 0 saturated heterocycles. The van der Waals surface area contributed by atoms with Crippen molar-refractivity contribution >= 4 is 21.5 Å². The van der Waals surface area contributed by atoms with Crippen LogP contribution in [0.4, 0.5) is 0 Å². The third kappa shape index (κ3) is 5.89. The molecule has 5 heteroatoms. The molecule has 1 heterocycles. The fraction of sp³-hybridized carbons (Fsp3) is 0.211. The summed E-state index contributed by atoms with van der Waals surface area (Å²) in [5.41, 5.74) is 5.15. The lowest BCUT2D eigenvalue weighted by atomic mass is 9.69. The Balaban J connectivity index is 0.000000599. The zero-order chi connectivity index (χ0) is 29.8. The van der Waals surface area contributed by atoms with Gasteiger partial charge < -0.3 is 24.1 Å². The molecule has 218 valence electrons. The van der Waals surface area contributed by atoms with E-state index < -0.39 is 0 Å². The molecule has 0 bridgehead atoms. The molecule has 0 radical (unpaired) electrons. The number of phenols is 2. The fourth-order valence-electron chi connectivity index (χ4n) is 6.58. The number of benzene rings is 5. The number of phenolic OH excluding ortho intramolecular Hbond substituents is 2. The second-order valence-corrected chi connectivity index (χ2v) is 11.1. The highest BCUT2D eigenvalue weighted by Crippen LogP contribution is 2.45. The molecule has 0 fully saturated rings. The molecule has 2 atom stereocenters. The van der Waals surface area contributed by atoms with Crippen LogP contribution in [0.5, 0.6) is 23.0 Å². The molecular weight excluding hydrogens is 536 g/mol. The van der Waals surface area contributed by atoms with Crippen LogP contribution in [0.15, 0.2) is 114 Å². The first-order valence-electron chi connectivity index (χ1n) is 14.7. The van der Waals surface area contributed by atoms with Crippen LogP contribution in [0, 0.1) is 5.92 Å². The average molecular weight is 573 g/mol. The second-order valence-electron chi connectivity index (χ2n) is 11.1. The van der Waals surface area contributed by atoms with Gasteiger partial charge in [-0.3, -0.25) is 0 Å². The van der Waals surface area contributed by atoms with E-state index in [1.54, 1.807) is 38.9 Å². The summed E-state index contributed by atoms with van der Waals surface area (Å²) in [6.07, 6.45) is 7.10. The van der Waals surface area contributed by atoms with Crippen molar-refractivity contribution in [2.45, 2.75) is 31.6 Å². The number of aryl methyl sites for hydroxylation is 1. The van der Waals surface area contributed by atoms with Crippen LogP contribution in [0.2, 0.25) is 0 Å². The Kier molecular flexibility index (Phi) is 8.23. The molecule has 5 nitrogen and oxygen atoms in total. The lowest BCUT2D eigenvalue weighted by molar-refractivity contribution is 0.359. The van der Waals surface area contributed by atoms with Crippen LogP contribution in [-0.2, 0) is 19.3 Å². The van der Waals surface area contributed by atoms with Gasteiger partial charge in [0.15, 0.2) is 23.0 Å². The Morgan fingerprint density at radius 1 is 0.674 bits per heavy atom. The Morgan fingerprint density at radius 3 is 1.98 bits per heavy atom. The van der Waals surface area contributed by atoms with Crippen molar-refractivity contribution in [2.75, 3.05) is 14.2 Å². The monoisotopic (exact) mass is 572 g/mol. The number of hydrogen-bond donors (Lipinski definition) is 2. The van der Waals surface area contributed by atoms with Gasteiger partial charge in [0.25, 0.3) is 0 Å². The van der Waals surface area contributed by atoms with E-state index in [1.165, 1.54) is 32.7 Å². The Bertz CT molecular complexity index is 1820. The predicted octanol–water partition coefficient (Wildman–Crippen LogP) is 8.83. The van der Waals surface area contributed by atoms with Crippen molar-refractivity contribution < 1.29 is 24.1 Å². The number of hydrogen-bond acceptors (Lipinski definition) is 5. The summed E-state index contributed by atoms with van der Waals surface area (Å²) in [7, 11) is 3.18. The van der Waals surface area contributed by atoms with Gasteiger partial charge in [-0.25, -0.2) is 0 Å². The van der Waals surface area contributed by atoms with Gasteiger partial charge in [-0.1, -0.05) is 60.7 Å². The van der Waals surface area contributed by atoms with Crippen molar-refractivity contribution in [3.63, 3.8) is 0 Å². The Hall–Kier alpha value is -4.90. The smallest absolute Gasteiger partial charge is 0.160 e. The van der Waals surface area contributed by atoms with Crippen LogP contribution in [0.1, 0.15) is 34.6 Å². The van der Waals surface area contributed by atoms with Crippen LogP contribution < -0.4 is 9.47 Å². The van der Waals surface area contributed by atoms with Crippen molar-refractivity contribution in [1.82, 2.24) is 0 Å². The van der Waals surface area contributed by atoms with Crippen molar-refractivity contribution in [3.05, 3.63) is 132 Å². The van der Waals surface area contributed by atoms with Gasteiger partial charge in [0.1, 0.15) is 0 Å². The lowest BCUT2D eigenvalue weighted by Gasteiger charge is -2.35. The van der Waals surface area contributed by atoms with Crippen LogP contribution in [-0.4, -0.2) is 24.4 Å². The predicted molar refractivity (Wildman–Crippen MR) is 171 cm³/mol. The van der Waals surface area contributed by atoms with E-state index in [1.807, 2.05) is 36.4 Å². The SMILES string of the molecule is COc1cc(CC2CCc3ccc4c(ccc5ccccc54)c3C2Cc2ccc(O)c(OC)c2)ccc1O.c1ccoc1. The molecule has 6 aromatic rings. The Morgan fingerprint density at radius 2 is 1.33 bits per heavy atom. The summed E-state index contributed by atoms with van der Waals surface area (Å²) in [5, 5.41) is 25.5. The van der Waals surface area contributed by atoms with E-state index in [0.29, 0.717) is 17.4 Å². The minimum absolute atomic E-state index is 0.157. The summed E-state index contributed by atoms with van der Waals surface area (Å²) in [5.74, 6) is 2.00.